The summed E-state index contributed by atoms with van der Waals surface area (Å²) in [7, 11) is 1.32. The highest BCUT2D eigenvalue weighted by Crippen LogP contribution is 2.76. The Kier molecular flexibility index (Phi) is 27.2. The van der Waals surface area contributed by atoms with E-state index in [0.717, 1.165) is 5.57 Å². The number of fused-ring (bicyclic) bond motifs is 7. The fourth-order valence-electron chi connectivity index (χ4n) is 19.4. The average Bonchev–Trinajstić information content (AvgIpc) is 0.673. The summed E-state index contributed by atoms with van der Waals surface area (Å²) in [5, 5.41) is 142. The number of allylic oxidation sites excluding steroid dienone is 2. The lowest BCUT2D eigenvalue weighted by Gasteiger charge is -2.71. The molecule has 0 bridgehead atoms. The van der Waals surface area contributed by atoms with Crippen LogP contribution in [0, 0.1) is 62.1 Å². The predicted molar refractivity (Wildman–Crippen MR) is 363 cm³/mol. The molecule has 106 heavy (non-hydrogen) atoms. The van der Waals surface area contributed by atoms with Gasteiger partial charge in [-0.25, -0.2) is 4.79 Å². The molecular formula is C74H118O32. The van der Waals surface area contributed by atoms with E-state index in [1.54, 1.807) is 27.7 Å². The maximum absolute atomic E-state index is 15.8. The molecule has 5 aliphatic carbocycles. The zero-order chi connectivity index (χ0) is 78.6. The summed E-state index contributed by atoms with van der Waals surface area (Å²) in [5.74, 6) is -7.21. The molecule has 32 nitrogen and oxygen atoms in total. The maximum Gasteiger partial charge on any atom is 0.335 e. The number of carbonyl (C=O) groups is 6. The van der Waals surface area contributed by atoms with Gasteiger partial charge in [-0.3, -0.25) is 24.0 Å². The van der Waals surface area contributed by atoms with Gasteiger partial charge in [-0.15, -0.1) is 0 Å². The number of esters is 5. The van der Waals surface area contributed by atoms with Gasteiger partial charge in [0.15, 0.2) is 37.2 Å². The first-order valence-electron chi connectivity index (χ1n) is 37.7. The minimum Gasteiger partial charge on any atom is -0.479 e. The van der Waals surface area contributed by atoms with Crippen molar-refractivity contribution in [3.05, 3.63) is 11.6 Å². The van der Waals surface area contributed by atoms with Crippen LogP contribution in [0.2, 0.25) is 0 Å². The van der Waals surface area contributed by atoms with Gasteiger partial charge in [-0.2, -0.15) is 0 Å². The Labute approximate surface area is 617 Å². The summed E-state index contributed by atoms with van der Waals surface area (Å²) in [5.41, 5.74) is -4.23. The highest BCUT2D eigenvalue weighted by atomic mass is 16.8. The Hall–Kier alpha value is -4.24. The second-order valence-corrected chi connectivity index (χ2v) is 33.0. The van der Waals surface area contributed by atoms with Crippen LogP contribution in [0.4, 0.5) is 0 Å². The first-order valence-corrected chi connectivity index (χ1v) is 37.7. The first-order chi connectivity index (χ1) is 49.6. The predicted octanol–water partition coefficient (Wildman–Crippen LogP) is 0.880. The van der Waals surface area contributed by atoms with E-state index >= 15 is 4.79 Å². The molecule has 0 aromatic heterocycles. The second kappa shape index (κ2) is 33.6. The maximum atomic E-state index is 15.8. The van der Waals surface area contributed by atoms with E-state index in [0.29, 0.717) is 44.9 Å². The quantitative estimate of drug-likeness (QED) is 0.0188. The molecule has 0 aromatic rings. The summed E-state index contributed by atoms with van der Waals surface area (Å²) in [4.78, 5) is 82.8. The van der Waals surface area contributed by atoms with Crippen LogP contribution in [-0.4, -0.2) is 282 Å². The molecule has 36 atom stereocenters. The number of hydrogen-bond acceptors (Lipinski definition) is 31. The van der Waals surface area contributed by atoms with Crippen molar-refractivity contribution in [2.45, 2.75) is 327 Å². The molecule has 0 spiro atoms. The van der Waals surface area contributed by atoms with Gasteiger partial charge in [-0.05, 0) is 139 Å². The number of ether oxygens (including phenoxy) is 13. The van der Waals surface area contributed by atoms with Crippen molar-refractivity contribution >= 4 is 35.8 Å². The molecule has 4 aliphatic heterocycles. The van der Waals surface area contributed by atoms with Crippen molar-refractivity contribution in [1.82, 2.24) is 0 Å². The van der Waals surface area contributed by atoms with Crippen molar-refractivity contribution in [2.75, 3.05) is 26.9 Å². The van der Waals surface area contributed by atoms with E-state index in [9.17, 15) is 90.4 Å². The van der Waals surface area contributed by atoms with Crippen LogP contribution in [-0.2, 0) is 90.3 Å². The van der Waals surface area contributed by atoms with Crippen molar-refractivity contribution in [1.29, 1.82) is 0 Å². The number of carbonyl (C=O) groups excluding carboxylic acids is 5. The van der Waals surface area contributed by atoms with Crippen molar-refractivity contribution in [3.63, 3.8) is 0 Å². The largest absolute Gasteiger partial charge is 0.479 e. The van der Waals surface area contributed by atoms with E-state index in [2.05, 4.69) is 26.8 Å². The van der Waals surface area contributed by atoms with Gasteiger partial charge in [0.25, 0.3) is 0 Å². The number of hydrogen-bond donors (Lipinski definition) is 13. The standard InChI is InChI=1S/C74H118O32/c1-15-32(3)62(90)103-57(41(99-64-55(86)51(82)48(79)42(29-75)100-64)27-40-50(81)58(47(78)34(5)97-40)104-63(91)33(4)16-2)35(6)96-37(8)98-68(93)74-25-23-69(9,67(92)94-14)28-39(74)38-17-18-45-70(10)21-20-46(71(11,31-95-36(7)77)44(70)19-22-73(45,13)72(38,12)24-26-74)102-66-60(54(85)53(84)59(105-66)61(88)89)106-65-56(87)52(83)49(80)43(30-76)101-65/h17,32-35,37,39-60,64-66,75-76,78-87H,15-16,18-31H2,1-14H3,(H,88,89)/t32-,33-,34?,35?,37-,39?,40?,41-,42?,43?,44?,45?,46-,47?,48?,49?,50?,51?,52?,53?,54?,55?,56?,57?,58?,59?,60?,64?,65?,66?,69-,70-,71-,72+,73+,74-/m0/s1. The number of aliphatic carboxylic acids is 1. The van der Waals surface area contributed by atoms with Crippen molar-refractivity contribution in [2.24, 2.45) is 62.1 Å². The normalized spacial score (nSPS) is 45.4. The van der Waals surface area contributed by atoms with Crippen LogP contribution in [0.3, 0.4) is 0 Å². The van der Waals surface area contributed by atoms with Crippen molar-refractivity contribution < 1.29 is 157 Å². The molecule has 32 heteroatoms. The van der Waals surface area contributed by atoms with Gasteiger partial charge in [0, 0.05) is 18.8 Å². The molecule has 0 aromatic carbocycles. The van der Waals surface area contributed by atoms with Crippen LogP contribution in [0.15, 0.2) is 11.6 Å². The summed E-state index contributed by atoms with van der Waals surface area (Å²) in [6, 6.07) is 0. The zero-order valence-corrected chi connectivity index (χ0v) is 63.3. The van der Waals surface area contributed by atoms with Gasteiger partial charge in [0.2, 0.25) is 6.29 Å². The second-order valence-electron chi connectivity index (χ2n) is 33.0. The minimum atomic E-state index is -2.12. The van der Waals surface area contributed by atoms with Crippen LogP contribution < -0.4 is 0 Å². The number of methoxy groups -OCH3 is 1. The fraction of sp³-hybridized carbons (Fsp3) is 0.892. The monoisotopic (exact) mass is 1520 g/mol. The molecule has 606 valence electrons. The van der Waals surface area contributed by atoms with E-state index in [4.69, 9.17) is 61.6 Å². The van der Waals surface area contributed by atoms with E-state index < -0.39 is 259 Å². The first kappa shape index (κ1) is 85.8. The number of rotatable bonds is 26. The summed E-state index contributed by atoms with van der Waals surface area (Å²) < 4.78 is 79.2. The number of aliphatic hydroxyl groups excluding tert-OH is 12. The lowest BCUT2D eigenvalue weighted by Crippen LogP contribution is -2.68. The van der Waals surface area contributed by atoms with Crippen LogP contribution in [0.5, 0.6) is 0 Å². The molecule has 9 rings (SSSR count). The Bertz CT molecular complexity index is 3100. The van der Waals surface area contributed by atoms with Gasteiger partial charge in [0.1, 0.15) is 85.5 Å². The van der Waals surface area contributed by atoms with Gasteiger partial charge in [0.05, 0.1) is 74.0 Å². The molecule has 13 N–H and O–H groups in total. The van der Waals surface area contributed by atoms with Gasteiger partial charge in [-0.1, -0.05) is 67.0 Å². The highest BCUT2D eigenvalue weighted by molar-refractivity contribution is 5.81. The minimum absolute atomic E-state index is 0.107. The Balaban J connectivity index is 1.02. The number of carboxylic acids is 1. The van der Waals surface area contributed by atoms with Gasteiger partial charge >= 0.3 is 35.8 Å². The third kappa shape index (κ3) is 16.0. The highest BCUT2D eigenvalue weighted by Gasteiger charge is 2.72. The average molecular weight is 1520 g/mol. The summed E-state index contributed by atoms with van der Waals surface area (Å²) in [6.07, 6.45) is -36.1. The van der Waals surface area contributed by atoms with E-state index in [1.807, 2.05) is 13.8 Å². The topological polar surface area (TPSA) is 485 Å². The number of aliphatic hydroxyl groups is 12. The molecule has 25 unspecified atom stereocenters. The third-order valence-corrected chi connectivity index (χ3v) is 26.6. The molecule has 4 saturated heterocycles. The van der Waals surface area contributed by atoms with E-state index in [1.165, 1.54) is 34.8 Å². The fourth-order valence-corrected chi connectivity index (χ4v) is 19.4. The molecule has 4 heterocycles. The molecule has 0 radical (unpaired) electrons. The molecule has 8 fully saturated rings. The smallest absolute Gasteiger partial charge is 0.335 e. The summed E-state index contributed by atoms with van der Waals surface area (Å²) in [6.45, 7) is 21.0. The lowest BCUT2D eigenvalue weighted by molar-refractivity contribution is -0.375. The summed E-state index contributed by atoms with van der Waals surface area (Å²) >= 11 is 0. The lowest BCUT2D eigenvalue weighted by atomic mass is 9.33. The van der Waals surface area contributed by atoms with Gasteiger partial charge < -0.3 is 128 Å². The Morgan fingerprint density at radius 2 is 1.22 bits per heavy atom. The van der Waals surface area contributed by atoms with Crippen LogP contribution in [0.1, 0.15) is 173 Å². The molecule has 4 saturated carbocycles. The van der Waals surface area contributed by atoms with Crippen LogP contribution in [0.25, 0.3) is 0 Å². The zero-order valence-electron chi connectivity index (χ0n) is 63.3. The number of carboxylic acid groups (broad SMARTS) is 1. The molecule has 9 aliphatic rings. The Morgan fingerprint density at radius 1 is 0.613 bits per heavy atom. The molecule has 0 amide bonds. The third-order valence-electron chi connectivity index (χ3n) is 26.6. The Morgan fingerprint density at radius 3 is 1.81 bits per heavy atom. The molecular weight excluding hydrogens is 1400 g/mol. The van der Waals surface area contributed by atoms with Crippen molar-refractivity contribution in [3.8, 4) is 0 Å². The SMILES string of the molecule is CC[C@H](C)C(=O)OC1C(O)C(C)OC(C[C@H](OC2OC(CO)C(O)C(O)C2O)C(OC(=O)[C@@H](C)CC)C(C)O[C@H](C)OC(=O)[C@]23CC[C@](C)(C(=O)OC)CC2C2=CCC4[C@@]5(C)CC[C@H](OC6OC(C(=O)O)C(O)C(O)C6OC6OC(CO)C(O)C(O)C6O)[C@@](C)(COC(C)=O)C5CC[C@@]4(C)[C@]2(C)CC3)C1O. The van der Waals surface area contributed by atoms with Crippen LogP contribution >= 0.6 is 0 Å². The van der Waals surface area contributed by atoms with E-state index in [-0.39, 0.29) is 50.5 Å².